The van der Waals surface area contributed by atoms with Gasteiger partial charge in [-0.2, -0.15) is 0 Å². The van der Waals surface area contributed by atoms with Gasteiger partial charge >= 0.3 is 0 Å². The van der Waals surface area contributed by atoms with Crippen LogP contribution in [0.2, 0.25) is 0 Å². The lowest BCUT2D eigenvalue weighted by Gasteiger charge is -2.13. The smallest absolute Gasteiger partial charge is 0.160 e. The summed E-state index contributed by atoms with van der Waals surface area (Å²) >= 11 is 0. The van der Waals surface area contributed by atoms with Gasteiger partial charge in [-0.05, 0) is 80.2 Å². The molecule has 312 valence electrons. The van der Waals surface area contributed by atoms with Gasteiger partial charge in [-0.25, -0.2) is 15.0 Å². The first-order chi connectivity index (χ1) is 33.2. The second-order valence-corrected chi connectivity index (χ2v) is 17.1. The number of rotatable bonds is 7. The van der Waals surface area contributed by atoms with Crippen LogP contribution in [0.15, 0.2) is 243 Å². The Morgan fingerprint density at radius 3 is 1.51 bits per heavy atom. The number of nitrogens with zero attached hydrogens (tertiary/aromatic N) is 4. The van der Waals surface area contributed by atoms with E-state index in [0.717, 1.165) is 78.1 Å². The molecule has 0 amide bonds. The first-order valence-corrected chi connectivity index (χ1v) is 22.8. The van der Waals surface area contributed by atoms with Gasteiger partial charge in [0.1, 0.15) is 0 Å². The van der Waals surface area contributed by atoms with Gasteiger partial charge in [0.05, 0.1) is 33.6 Å². The minimum atomic E-state index is 0.695. The van der Waals surface area contributed by atoms with Crippen LogP contribution in [0.3, 0.4) is 0 Å². The van der Waals surface area contributed by atoms with Crippen LogP contribution in [0.25, 0.3) is 127 Å². The maximum Gasteiger partial charge on any atom is 0.160 e. The molecule has 13 rings (SSSR count). The van der Waals surface area contributed by atoms with Crippen molar-refractivity contribution in [1.29, 1.82) is 0 Å². The molecule has 0 atom stereocenters. The molecule has 0 saturated carbocycles. The van der Waals surface area contributed by atoms with Crippen molar-refractivity contribution in [2.24, 2.45) is 0 Å². The minimum absolute atomic E-state index is 0.695. The van der Waals surface area contributed by atoms with Crippen LogP contribution >= 0.6 is 0 Å². The summed E-state index contributed by atoms with van der Waals surface area (Å²) in [6, 6.07) is 86.2. The van der Waals surface area contributed by atoms with E-state index in [4.69, 9.17) is 15.0 Å². The van der Waals surface area contributed by atoms with Crippen LogP contribution in [-0.4, -0.2) is 19.5 Å². The second kappa shape index (κ2) is 15.9. The molecular formula is C63H40N4. The normalized spacial score (nSPS) is 11.6. The third-order valence-corrected chi connectivity index (χ3v) is 13.2. The summed E-state index contributed by atoms with van der Waals surface area (Å²) in [7, 11) is 0. The third-order valence-electron chi connectivity index (χ3n) is 13.2. The fourth-order valence-electron chi connectivity index (χ4n) is 9.97. The molecule has 0 N–H and O–H groups in total. The first-order valence-electron chi connectivity index (χ1n) is 22.8. The lowest BCUT2D eigenvalue weighted by atomic mass is 9.93. The summed E-state index contributed by atoms with van der Waals surface area (Å²) in [5, 5.41) is 8.60. The Hall–Kier alpha value is -8.99. The summed E-state index contributed by atoms with van der Waals surface area (Å²) in [4.78, 5) is 15.7. The van der Waals surface area contributed by atoms with Crippen molar-refractivity contribution in [2.45, 2.75) is 0 Å². The van der Waals surface area contributed by atoms with Gasteiger partial charge in [0, 0.05) is 44.1 Å². The summed E-state index contributed by atoms with van der Waals surface area (Å²) in [6.45, 7) is 0. The van der Waals surface area contributed by atoms with E-state index in [9.17, 15) is 0 Å². The van der Waals surface area contributed by atoms with E-state index < -0.39 is 0 Å². The molecule has 3 heterocycles. The number of para-hydroxylation sites is 3. The molecular weight excluding hydrogens is 813 g/mol. The second-order valence-electron chi connectivity index (χ2n) is 17.1. The predicted octanol–water partition coefficient (Wildman–Crippen LogP) is 16.4. The van der Waals surface area contributed by atoms with Crippen LogP contribution in [0.1, 0.15) is 0 Å². The summed E-state index contributed by atoms with van der Waals surface area (Å²) in [5.74, 6) is 0.695. The van der Waals surface area contributed by atoms with Crippen LogP contribution < -0.4 is 0 Å². The molecule has 0 spiro atoms. The largest absolute Gasteiger partial charge is 0.307 e. The fraction of sp³-hybridized carbons (Fsp3) is 0. The molecule has 0 saturated heterocycles. The van der Waals surface area contributed by atoms with Crippen molar-refractivity contribution in [3.63, 3.8) is 0 Å². The number of hydrogen-bond donors (Lipinski definition) is 0. The Morgan fingerprint density at radius 2 is 0.821 bits per heavy atom. The average molecular weight is 853 g/mol. The third kappa shape index (κ3) is 6.65. The summed E-state index contributed by atoms with van der Waals surface area (Å²) in [5.41, 5.74) is 15.8. The van der Waals surface area contributed by atoms with Gasteiger partial charge in [-0.15, -0.1) is 0 Å². The Balaban J connectivity index is 0.859. The molecule has 0 aliphatic rings. The van der Waals surface area contributed by atoms with Crippen molar-refractivity contribution in [3.8, 4) is 73.1 Å². The van der Waals surface area contributed by atoms with Gasteiger partial charge in [0.2, 0.25) is 0 Å². The standard InChI is InChI=1S/C63H40N4/c1-3-15-47(16-4-1)63-65-57(40-58(66-63)45-35-31-43(32-36-45)55-39-48-17-7-8-20-50(48)51-21-9-10-22-52(51)55)44-33-27-41(28-34-44)42-29-37-46(38-30-42)61-62-60(53-23-11-13-25-56(53)64-61)54-24-12-14-26-59(54)67(62)49-18-5-2-6-19-49/h1-40H. The molecule has 67 heavy (non-hydrogen) atoms. The molecule has 10 aromatic carbocycles. The van der Waals surface area contributed by atoms with Gasteiger partial charge in [-0.1, -0.05) is 206 Å². The Morgan fingerprint density at radius 1 is 0.313 bits per heavy atom. The van der Waals surface area contributed by atoms with Crippen LogP contribution in [0.5, 0.6) is 0 Å². The zero-order valence-corrected chi connectivity index (χ0v) is 36.4. The molecule has 0 bridgehead atoms. The number of fused-ring (bicyclic) bond motifs is 8. The summed E-state index contributed by atoms with van der Waals surface area (Å²) < 4.78 is 2.37. The summed E-state index contributed by atoms with van der Waals surface area (Å²) in [6.07, 6.45) is 0. The minimum Gasteiger partial charge on any atom is -0.307 e. The maximum absolute atomic E-state index is 5.37. The molecule has 0 fully saturated rings. The van der Waals surface area contributed by atoms with Crippen LogP contribution in [-0.2, 0) is 0 Å². The van der Waals surface area contributed by atoms with Crippen molar-refractivity contribution in [3.05, 3.63) is 243 Å². The number of benzene rings is 10. The van der Waals surface area contributed by atoms with Crippen molar-refractivity contribution < 1.29 is 0 Å². The molecule has 0 aliphatic carbocycles. The average Bonchev–Trinajstić information content (AvgIpc) is 3.77. The highest BCUT2D eigenvalue weighted by atomic mass is 15.0. The number of pyridine rings is 1. The highest BCUT2D eigenvalue weighted by molar-refractivity contribution is 6.23. The van der Waals surface area contributed by atoms with Gasteiger partial charge < -0.3 is 4.57 Å². The van der Waals surface area contributed by atoms with E-state index >= 15 is 0 Å². The first kappa shape index (κ1) is 38.5. The Labute approximate surface area is 387 Å². The molecule has 0 aliphatic heterocycles. The quantitative estimate of drug-likeness (QED) is 0.150. The number of hydrogen-bond acceptors (Lipinski definition) is 3. The highest BCUT2D eigenvalue weighted by Crippen LogP contribution is 2.42. The number of aromatic nitrogens is 4. The SMILES string of the molecule is c1ccc(-c2nc(-c3ccc(-c4ccc(-c5nc6ccccc6c6c7ccccc7n(-c7ccccc7)c56)cc4)cc3)cc(-c3ccc(-c4cc5ccccc5c5ccccc45)cc3)n2)cc1. The Kier molecular flexibility index (Phi) is 9.14. The fourth-order valence-corrected chi connectivity index (χ4v) is 9.97. The van der Waals surface area contributed by atoms with Crippen LogP contribution in [0.4, 0.5) is 0 Å². The molecule has 0 radical (unpaired) electrons. The van der Waals surface area contributed by atoms with E-state index in [-0.39, 0.29) is 0 Å². The van der Waals surface area contributed by atoms with Crippen LogP contribution in [0, 0.1) is 0 Å². The van der Waals surface area contributed by atoms with E-state index in [2.05, 4.69) is 229 Å². The van der Waals surface area contributed by atoms with E-state index in [1.54, 1.807) is 0 Å². The molecule has 4 nitrogen and oxygen atoms in total. The zero-order valence-electron chi connectivity index (χ0n) is 36.4. The maximum atomic E-state index is 5.37. The van der Waals surface area contributed by atoms with E-state index in [1.165, 1.54) is 43.4 Å². The van der Waals surface area contributed by atoms with Crippen molar-refractivity contribution in [2.75, 3.05) is 0 Å². The molecule has 3 aromatic heterocycles. The van der Waals surface area contributed by atoms with Crippen molar-refractivity contribution >= 4 is 54.3 Å². The lowest BCUT2D eigenvalue weighted by molar-refractivity contribution is 1.17. The van der Waals surface area contributed by atoms with E-state index in [1.807, 2.05) is 18.2 Å². The monoisotopic (exact) mass is 852 g/mol. The molecule has 13 aromatic rings. The van der Waals surface area contributed by atoms with Crippen molar-refractivity contribution in [1.82, 2.24) is 19.5 Å². The van der Waals surface area contributed by atoms with E-state index in [0.29, 0.717) is 5.82 Å². The molecule has 4 heteroatoms. The van der Waals surface area contributed by atoms with Gasteiger partial charge in [0.25, 0.3) is 0 Å². The highest BCUT2D eigenvalue weighted by Gasteiger charge is 2.21. The Bertz CT molecular complexity index is 3990. The van der Waals surface area contributed by atoms with Gasteiger partial charge in [0.15, 0.2) is 5.82 Å². The lowest BCUT2D eigenvalue weighted by Crippen LogP contribution is -1.97. The molecule has 0 unspecified atom stereocenters. The topological polar surface area (TPSA) is 43.6 Å². The predicted molar refractivity (Wildman–Crippen MR) is 279 cm³/mol. The zero-order chi connectivity index (χ0) is 44.3. The van der Waals surface area contributed by atoms with Gasteiger partial charge in [-0.3, -0.25) is 0 Å².